The summed E-state index contributed by atoms with van der Waals surface area (Å²) in [6.07, 6.45) is 0. The standard InChI is InChI=1S/C14H24N2O/c1-12(8-16-9-13(2)15)10-17-11-14-6-4-3-5-7-14/h3-7,12-13,16H,8-11,15H2,1-2H3/t12?,13-/m0/s1. The first-order valence-electron chi connectivity index (χ1n) is 6.26. The van der Waals surface area contributed by atoms with Gasteiger partial charge >= 0.3 is 0 Å². The second-order valence-electron chi connectivity index (χ2n) is 4.74. The molecule has 0 spiro atoms. The molecule has 96 valence electrons. The first-order valence-corrected chi connectivity index (χ1v) is 6.26. The summed E-state index contributed by atoms with van der Waals surface area (Å²) in [5, 5.41) is 3.33. The maximum Gasteiger partial charge on any atom is 0.0717 e. The summed E-state index contributed by atoms with van der Waals surface area (Å²) in [6, 6.07) is 10.5. The number of hydrogen-bond donors (Lipinski definition) is 2. The van der Waals surface area contributed by atoms with E-state index >= 15 is 0 Å². The molecule has 3 nitrogen and oxygen atoms in total. The Morgan fingerprint density at radius 2 is 1.88 bits per heavy atom. The molecule has 1 aromatic rings. The zero-order valence-electron chi connectivity index (χ0n) is 10.9. The van der Waals surface area contributed by atoms with Crippen molar-refractivity contribution in [1.82, 2.24) is 5.32 Å². The molecule has 1 rings (SSSR count). The summed E-state index contributed by atoms with van der Waals surface area (Å²) in [4.78, 5) is 0. The Balaban J connectivity index is 2.06. The minimum atomic E-state index is 0.215. The number of hydrogen-bond acceptors (Lipinski definition) is 3. The third-order valence-electron chi connectivity index (χ3n) is 2.47. The van der Waals surface area contributed by atoms with Gasteiger partial charge in [0.2, 0.25) is 0 Å². The molecule has 0 amide bonds. The lowest BCUT2D eigenvalue weighted by atomic mass is 10.2. The van der Waals surface area contributed by atoms with E-state index in [1.807, 2.05) is 25.1 Å². The molecule has 1 unspecified atom stereocenters. The minimum Gasteiger partial charge on any atom is -0.376 e. The van der Waals surface area contributed by atoms with E-state index in [1.54, 1.807) is 0 Å². The lowest BCUT2D eigenvalue weighted by molar-refractivity contribution is 0.0918. The van der Waals surface area contributed by atoms with Crippen LogP contribution < -0.4 is 11.1 Å². The van der Waals surface area contributed by atoms with Gasteiger partial charge in [-0.3, -0.25) is 0 Å². The van der Waals surface area contributed by atoms with Crippen LogP contribution in [-0.2, 0) is 11.3 Å². The summed E-state index contributed by atoms with van der Waals surface area (Å²) in [7, 11) is 0. The van der Waals surface area contributed by atoms with Crippen LogP contribution in [0.25, 0.3) is 0 Å². The second-order valence-corrected chi connectivity index (χ2v) is 4.74. The number of benzene rings is 1. The van der Waals surface area contributed by atoms with Gasteiger partial charge in [-0.15, -0.1) is 0 Å². The van der Waals surface area contributed by atoms with Gasteiger partial charge in [-0.05, 0) is 24.9 Å². The van der Waals surface area contributed by atoms with Crippen molar-refractivity contribution in [2.75, 3.05) is 19.7 Å². The molecule has 0 aliphatic rings. The van der Waals surface area contributed by atoms with Crippen LogP contribution in [0.2, 0.25) is 0 Å². The number of nitrogens with one attached hydrogen (secondary N) is 1. The van der Waals surface area contributed by atoms with E-state index in [-0.39, 0.29) is 6.04 Å². The highest BCUT2D eigenvalue weighted by atomic mass is 16.5. The van der Waals surface area contributed by atoms with Crippen LogP contribution in [0.1, 0.15) is 19.4 Å². The summed E-state index contributed by atoms with van der Waals surface area (Å²) < 4.78 is 5.67. The fourth-order valence-corrected chi connectivity index (χ4v) is 1.57. The number of ether oxygens (including phenoxy) is 1. The van der Waals surface area contributed by atoms with Crippen LogP contribution in [0.4, 0.5) is 0 Å². The van der Waals surface area contributed by atoms with Gasteiger partial charge in [0.05, 0.1) is 13.2 Å². The van der Waals surface area contributed by atoms with Crippen LogP contribution in [0.5, 0.6) is 0 Å². The normalized spacial score (nSPS) is 14.5. The third-order valence-corrected chi connectivity index (χ3v) is 2.47. The predicted molar refractivity (Wildman–Crippen MR) is 71.8 cm³/mol. The summed E-state index contributed by atoms with van der Waals surface area (Å²) in [5.41, 5.74) is 6.89. The molecule has 0 fully saturated rings. The molecule has 1 aromatic carbocycles. The average Bonchev–Trinajstić information content (AvgIpc) is 2.30. The molecule has 0 aliphatic carbocycles. The molecule has 0 bridgehead atoms. The van der Waals surface area contributed by atoms with Crippen LogP contribution in [0, 0.1) is 5.92 Å². The van der Waals surface area contributed by atoms with Crippen molar-refractivity contribution < 1.29 is 4.74 Å². The average molecular weight is 236 g/mol. The number of rotatable bonds is 8. The SMILES string of the molecule is CC(CNC[C@H](C)N)COCc1ccccc1. The Hall–Kier alpha value is -0.900. The molecule has 3 N–H and O–H groups in total. The smallest absolute Gasteiger partial charge is 0.0717 e. The summed E-state index contributed by atoms with van der Waals surface area (Å²) in [5.74, 6) is 0.512. The van der Waals surface area contributed by atoms with E-state index in [4.69, 9.17) is 10.5 Å². The van der Waals surface area contributed by atoms with Gasteiger partial charge in [-0.2, -0.15) is 0 Å². The maximum absolute atomic E-state index is 5.67. The van der Waals surface area contributed by atoms with Crippen molar-refractivity contribution in [3.8, 4) is 0 Å². The Kier molecular flexibility index (Phi) is 6.86. The van der Waals surface area contributed by atoms with Gasteiger partial charge in [-0.25, -0.2) is 0 Å². The van der Waals surface area contributed by atoms with Gasteiger partial charge in [0, 0.05) is 12.6 Å². The lowest BCUT2D eigenvalue weighted by Gasteiger charge is -2.14. The zero-order valence-corrected chi connectivity index (χ0v) is 10.9. The molecular formula is C14H24N2O. The quantitative estimate of drug-likeness (QED) is 0.723. The first-order chi connectivity index (χ1) is 8.18. The van der Waals surface area contributed by atoms with Crippen molar-refractivity contribution in [3.63, 3.8) is 0 Å². The highest BCUT2D eigenvalue weighted by Gasteiger charge is 2.02. The Morgan fingerprint density at radius 3 is 2.53 bits per heavy atom. The van der Waals surface area contributed by atoms with Crippen molar-refractivity contribution in [2.24, 2.45) is 11.7 Å². The fourth-order valence-electron chi connectivity index (χ4n) is 1.57. The highest BCUT2D eigenvalue weighted by molar-refractivity contribution is 5.13. The Bertz CT molecular complexity index is 288. The zero-order chi connectivity index (χ0) is 12.5. The van der Waals surface area contributed by atoms with Crippen molar-refractivity contribution in [1.29, 1.82) is 0 Å². The molecule has 17 heavy (non-hydrogen) atoms. The van der Waals surface area contributed by atoms with E-state index in [0.717, 1.165) is 19.7 Å². The molecule has 0 aliphatic heterocycles. The monoisotopic (exact) mass is 236 g/mol. The van der Waals surface area contributed by atoms with Gasteiger partial charge < -0.3 is 15.8 Å². The Labute approximate surface area is 104 Å². The first kappa shape index (κ1) is 14.2. The molecule has 3 heteroatoms. The number of nitrogens with two attached hydrogens (primary N) is 1. The minimum absolute atomic E-state index is 0.215. The van der Waals surface area contributed by atoms with E-state index in [0.29, 0.717) is 12.5 Å². The van der Waals surface area contributed by atoms with Gasteiger partial charge in [0.1, 0.15) is 0 Å². The lowest BCUT2D eigenvalue weighted by Crippen LogP contribution is -2.34. The van der Waals surface area contributed by atoms with E-state index < -0.39 is 0 Å². The van der Waals surface area contributed by atoms with Crippen molar-refractivity contribution in [3.05, 3.63) is 35.9 Å². The van der Waals surface area contributed by atoms with E-state index in [1.165, 1.54) is 5.56 Å². The summed E-state index contributed by atoms with van der Waals surface area (Å²) >= 11 is 0. The van der Waals surface area contributed by atoms with Crippen LogP contribution >= 0.6 is 0 Å². The molecule has 2 atom stereocenters. The van der Waals surface area contributed by atoms with Crippen molar-refractivity contribution >= 4 is 0 Å². The fraction of sp³-hybridized carbons (Fsp3) is 0.571. The summed E-state index contributed by atoms with van der Waals surface area (Å²) in [6.45, 7) is 7.47. The molecule has 0 saturated carbocycles. The van der Waals surface area contributed by atoms with Crippen LogP contribution in [-0.4, -0.2) is 25.7 Å². The molecular weight excluding hydrogens is 212 g/mol. The molecule has 0 radical (unpaired) electrons. The highest BCUT2D eigenvalue weighted by Crippen LogP contribution is 2.02. The van der Waals surface area contributed by atoms with Crippen molar-refractivity contribution in [2.45, 2.75) is 26.5 Å². The van der Waals surface area contributed by atoms with Gasteiger partial charge in [-0.1, -0.05) is 37.3 Å². The third kappa shape index (κ3) is 7.10. The maximum atomic E-state index is 5.67. The molecule has 0 saturated heterocycles. The van der Waals surface area contributed by atoms with E-state index in [2.05, 4.69) is 24.4 Å². The molecule has 0 aromatic heterocycles. The van der Waals surface area contributed by atoms with Gasteiger partial charge in [0.15, 0.2) is 0 Å². The topological polar surface area (TPSA) is 47.3 Å². The van der Waals surface area contributed by atoms with Gasteiger partial charge in [0.25, 0.3) is 0 Å². The van der Waals surface area contributed by atoms with E-state index in [9.17, 15) is 0 Å². The Morgan fingerprint density at radius 1 is 1.18 bits per heavy atom. The largest absolute Gasteiger partial charge is 0.376 e. The second kappa shape index (κ2) is 8.23. The molecule has 0 heterocycles. The predicted octanol–water partition coefficient (Wildman–Crippen LogP) is 1.78. The van der Waals surface area contributed by atoms with Crippen LogP contribution in [0.3, 0.4) is 0 Å². The van der Waals surface area contributed by atoms with Crippen LogP contribution in [0.15, 0.2) is 30.3 Å².